The third kappa shape index (κ3) is 3.29. The zero-order valence-corrected chi connectivity index (χ0v) is 11.3. The van der Waals surface area contributed by atoms with Crippen molar-refractivity contribution < 1.29 is 4.39 Å². The van der Waals surface area contributed by atoms with Crippen molar-refractivity contribution in [2.75, 3.05) is 0 Å². The van der Waals surface area contributed by atoms with E-state index in [1.807, 2.05) is 13.0 Å². The number of hydrazine groups is 1. The molecule has 0 saturated heterocycles. The molecule has 1 aromatic heterocycles. The topological polar surface area (TPSA) is 50.9 Å². The molecular formula is C14H15ClFN3. The number of hydrogen-bond acceptors (Lipinski definition) is 3. The first-order valence-corrected chi connectivity index (χ1v) is 6.30. The van der Waals surface area contributed by atoms with Crippen LogP contribution in [-0.4, -0.2) is 4.98 Å². The van der Waals surface area contributed by atoms with Gasteiger partial charge in [0.15, 0.2) is 0 Å². The first-order valence-electron chi connectivity index (χ1n) is 5.92. The minimum absolute atomic E-state index is 0.234. The molecule has 2 aromatic rings. The van der Waals surface area contributed by atoms with E-state index < -0.39 is 0 Å². The average molecular weight is 280 g/mol. The number of aryl methyl sites for hydroxylation is 1. The number of hydrogen-bond donors (Lipinski definition) is 2. The van der Waals surface area contributed by atoms with E-state index in [1.165, 1.54) is 6.07 Å². The number of rotatable bonds is 4. The van der Waals surface area contributed by atoms with Crippen LogP contribution in [0.2, 0.25) is 5.02 Å². The van der Waals surface area contributed by atoms with Gasteiger partial charge in [0, 0.05) is 23.0 Å². The summed E-state index contributed by atoms with van der Waals surface area (Å²) in [6.45, 7) is 1.94. The number of halogens is 2. The van der Waals surface area contributed by atoms with Crippen molar-refractivity contribution >= 4 is 11.6 Å². The van der Waals surface area contributed by atoms with Gasteiger partial charge in [-0.3, -0.25) is 16.3 Å². The van der Waals surface area contributed by atoms with Gasteiger partial charge in [0.25, 0.3) is 0 Å². The highest BCUT2D eigenvalue weighted by Crippen LogP contribution is 2.25. The summed E-state index contributed by atoms with van der Waals surface area (Å²) in [6.07, 6.45) is 3.84. The molecule has 5 heteroatoms. The van der Waals surface area contributed by atoms with Crippen LogP contribution in [0.3, 0.4) is 0 Å². The Kier molecular flexibility index (Phi) is 4.47. The maximum absolute atomic E-state index is 13.8. The number of aromatic nitrogens is 1. The Hall–Kier alpha value is -1.49. The van der Waals surface area contributed by atoms with Gasteiger partial charge in [-0.05, 0) is 36.6 Å². The second-order valence-corrected chi connectivity index (χ2v) is 4.83. The van der Waals surface area contributed by atoms with Gasteiger partial charge < -0.3 is 0 Å². The predicted octanol–water partition coefficient (Wildman–Crippen LogP) is 2.93. The molecule has 0 bridgehead atoms. The molecule has 19 heavy (non-hydrogen) atoms. The summed E-state index contributed by atoms with van der Waals surface area (Å²) in [4.78, 5) is 4.12. The summed E-state index contributed by atoms with van der Waals surface area (Å²) < 4.78 is 13.8. The third-order valence-electron chi connectivity index (χ3n) is 2.97. The Morgan fingerprint density at radius 3 is 2.84 bits per heavy atom. The quantitative estimate of drug-likeness (QED) is 0.668. The maximum Gasteiger partial charge on any atom is 0.127 e. The lowest BCUT2D eigenvalue weighted by Crippen LogP contribution is -2.30. The fourth-order valence-electron chi connectivity index (χ4n) is 1.97. The fraction of sp³-hybridized carbons (Fsp3) is 0.214. The molecule has 0 spiro atoms. The normalized spacial score (nSPS) is 12.4. The smallest absolute Gasteiger partial charge is 0.127 e. The zero-order chi connectivity index (χ0) is 13.8. The maximum atomic E-state index is 13.8. The molecular weight excluding hydrogens is 265 g/mol. The highest BCUT2D eigenvalue weighted by atomic mass is 35.5. The highest BCUT2D eigenvalue weighted by Gasteiger charge is 2.16. The lowest BCUT2D eigenvalue weighted by Gasteiger charge is -2.17. The first-order chi connectivity index (χ1) is 9.11. The van der Waals surface area contributed by atoms with Crippen LogP contribution in [0.15, 0.2) is 36.7 Å². The molecule has 0 amide bonds. The Morgan fingerprint density at radius 1 is 1.42 bits per heavy atom. The number of pyridine rings is 1. The van der Waals surface area contributed by atoms with Crippen molar-refractivity contribution in [2.24, 2.45) is 5.84 Å². The van der Waals surface area contributed by atoms with Crippen LogP contribution in [0.4, 0.5) is 4.39 Å². The second-order valence-electron chi connectivity index (χ2n) is 4.42. The fourth-order valence-corrected chi connectivity index (χ4v) is 2.21. The largest absolute Gasteiger partial charge is 0.271 e. The summed E-state index contributed by atoms with van der Waals surface area (Å²) in [6, 6.07) is 6.37. The Labute approximate surface area is 116 Å². The van der Waals surface area contributed by atoms with Gasteiger partial charge in [0.1, 0.15) is 5.82 Å². The summed E-state index contributed by atoms with van der Waals surface area (Å²) in [5.74, 6) is 5.23. The Balaban J connectivity index is 2.29. The van der Waals surface area contributed by atoms with Gasteiger partial charge in [-0.25, -0.2) is 4.39 Å². The average Bonchev–Trinajstić information content (AvgIpc) is 2.38. The summed E-state index contributed by atoms with van der Waals surface area (Å²) >= 11 is 6.03. The summed E-state index contributed by atoms with van der Waals surface area (Å²) in [5.41, 5.74) is 5.07. The van der Waals surface area contributed by atoms with Crippen LogP contribution in [-0.2, 0) is 6.42 Å². The number of nitrogens with two attached hydrogens (primary N) is 1. The molecule has 0 aliphatic heterocycles. The second kappa shape index (κ2) is 6.10. The predicted molar refractivity (Wildman–Crippen MR) is 74.2 cm³/mol. The van der Waals surface area contributed by atoms with Crippen molar-refractivity contribution in [1.82, 2.24) is 10.4 Å². The lowest BCUT2D eigenvalue weighted by atomic mass is 9.99. The molecule has 100 valence electrons. The molecule has 0 radical (unpaired) electrons. The number of benzene rings is 1. The molecule has 0 aliphatic carbocycles. The van der Waals surface area contributed by atoms with E-state index in [2.05, 4.69) is 10.4 Å². The van der Waals surface area contributed by atoms with Gasteiger partial charge in [-0.1, -0.05) is 23.7 Å². The van der Waals surface area contributed by atoms with Crippen LogP contribution in [0.1, 0.15) is 22.7 Å². The van der Waals surface area contributed by atoms with Gasteiger partial charge in [-0.15, -0.1) is 0 Å². The molecule has 1 aromatic carbocycles. The SMILES string of the molecule is Cc1cncc(C(Cc2c(F)cccc2Cl)NN)c1. The molecule has 1 atom stereocenters. The Bertz CT molecular complexity index is 554. The minimum Gasteiger partial charge on any atom is -0.271 e. The van der Waals surface area contributed by atoms with E-state index in [0.717, 1.165) is 11.1 Å². The van der Waals surface area contributed by atoms with Gasteiger partial charge in [0.05, 0.1) is 6.04 Å². The van der Waals surface area contributed by atoms with Crippen molar-refractivity contribution in [1.29, 1.82) is 0 Å². The van der Waals surface area contributed by atoms with Crippen LogP contribution in [0, 0.1) is 12.7 Å². The third-order valence-corrected chi connectivity index (χ3v) is 3.32. The number of nitrogens with zero attached hydrogens (tertiary/aromatic N) is 1. The monoisotopic (exact) mass is 279 g/mol. The Morgan fingerprint density at radius 2 is 2.21 bits per heavy atom. The molecule has 0 fully saturated rings. The van der Waals surface area contributed by atoms with Crippen LogP contribution in [0.5, 0.6) is 0 Å². The van der Waals surface area contributed by atoms with Gasteiger partial charge in [-0.2, -0.15) is 0 Å². The van der Waals surface area contributed by atoms with Crippen LogP contribution >= 0.6 is 11.6 Å². The van der Waals surface area contributed by atoms with E-state index in [4.69, 9.17) is 17.4 Å². The van der Waals surface area contributed by atoms with Gasteiger partial charge in [0.2, 0.25) is 0 Å². The molecule has 1 heterocycles. The van der Waals surface area contributed by atoms with Crippen LogP contribution in [0.25, 0.3) is 0 Å². The summed E-state index contributed by atoms with van der Waals surface area (Å²) in [7, 11) is 0. The number of nitrogens with one attached hydrogen (secondary N) is 1. The summed E-state index contributed by atoms with van der Waals surface area (Å²) in [5, 5.41) is 0.404. The van der Waals surface area contributed by atoms with Crippen molar-refractivity contribution in [3.05, 3.63) is 64.2 Å². The molecule has 2 rings (SSSR count). The van der Waals surface area contributed by atoms with E-state index >= 15 is 0 Å². The van der Waals surface area contributed by atoms with E-state index in [0.29, 0.717) is 17.0 Å². The zero-order valence-electron chi connectivity index (χ0n) is 10.5. The molecule has 0 saturated carbocycles. The first kappa shape index (κ1) is 13.9. The highest BCUT2D eigenvalue weighted by molar-refractivity contribution is 6.31. The lowest BCUT2D eigenvalue weighted by molar-refractivity contribution is 0.528. The van der Waals surface area contributed by atoms with Crippen molar-refractivity contribution in [3.63, 3.8) is 0 Å². The minimum atomic E-state index is -0.326. The van der Waals surface area contributed by atoms with Crippen molar-refractivity contribution in [2.45, 2.75) is 19.4 Å². The molecule has 3 N–H and O–H groups in total. The van der Waals surface area contributed by atoms with E-state index in [-0.39, 0.29) is 11.9 Å². The molecule has 0 aliphatic rings. The molecule has 1 unspecified atom stereocenters. The standard InChI is InChI=1S/C14H15ClFN3/c1-9-5-10(8-18-7-9)14(19-17)6-11-12(15)3-2-4-13(11)16/h2-5,7-8,14,19H,6,17H2,1H3. The van der Waals surface area contributed by atoms with Crippen LogP contribution < -0.4 is 11.3 Å². The molecule has 3 nitrogen and oxygen atoms in total. The van der Waals surface area contributed by atoms with E-state index in [9.17, 15) is 4.39 Å². The van der Waals surface area contributed by atoms with Gasteiger partial charge >= 0.3 is 0 Å². The van der Waals surface area contributed by atoms with Crippen molar-refractivity contribution in [3.8, 4) is 0 Å². The van der Waals surface area contributed by atoms with E-state index in [1.54, 1.807) is 24.5 Å².